The Morgan fingerprint density at radius 2 is 1.88 bits per heavy atom. The minimum atomic E-state index is -4.58. The van der Waals surface area contributed by atoms with Crippen molar-refractivity contribution < 1.29 is 23.1 Å². The van der Waals surface area contributed by atoms with Crippen LogP contribution in [-0.4, -0.2) is 20.6 Å². The van der Waals surface area contributed by atoms with Crippen LogP contribution in [0.1, 0.15) is 21.6 Å². The zero-order valence-electron chi connectivity index (χ0n) is 13.5. The molecule has 8 heteroatoms. The normalized spacial score (nSPS) is 11.5. The van der Waals surface area contributed by atoms with Crippen LogP contribution in [0.5, 0.6) is 0 Å². The molecule has 3 aromatic rings. The molecule has 0 aliphatic heterocycles. The van der Waals surface area contributed by atoms with Gasteiger partial charge in [-0.2, -0.15) is 13.2 Å². The number of aromatic carboxylic acids is 1. The zero-order chi connectivity index (χ0) is 19.1. The molecule has 2 N–H and O–H groups in total. The first kappa shape index (κ1) is 17.5. The molecule has 2 aromatic heterocycles. The lowest BCUT2D eigenvalue weighted by Crippen LogP contribution is -2.27. The Balaban J connectivity index is 2.34. The fraction of sp³-hybridized carbons (Fsp3) is 0.111. The largest absolute Gasteiger partial charge is 0.477 e. The molecule has 0 atom stereocenters. The van der Waals surface area contributed by atoms with Gasteiger partial charge < -0.3 is 10.1 Å². The van der Waals surface area contributed by atoms with Gasteiger partial charge in [0.05, 0.1) is 5.56 Å². The van der Waals surface area contributed by atoms with Crippen molar-refractivity contribution in [1.29, 1.82) is 0 Å². The lowest BCUT2D eigenvalue weighted by atomic mass is 10.1. The van der Waals surface area contributed by atoms with Crippen LogP contribution in [-0.2, 0) is 6.18 Å². The highest BCUT2D eigenvalue weighted by atomic mass is 19.4. The van der Waals surface area contributed by atoms with E-state index < -0.39 is 28.8 Å². The highest BCUT2D eigenvalue weighted by Crippen LogP contribution is 2.31. The van der Waals surface area contributed by atoms with Crippen LogP contribution in [0.25, 0.3) is 16.9 Å². The summed E-state index contributed by atoms with van der Waals surface area (Å²) < 4.78 is 40.0. The molecule has 0 unspecified atom stereocenters. The number of aromatic amines is 1. The second kappa shape index (κ2) is 6.21. The van der Waals surface area contributed by atoms with E-state index >= 15 is 0 Å². The standard InChI is InChI=1S/C18H13F3N2O3/c1-10-13(15-6-3-7-22-15)9-14(17(25)26)16(24)23(10)12-5-2-4-11(8-12)18(19,20)21/h2-9,22H,1H3,(H,25,26). The number of pyridine rings is 1. The number of nitrogens with one attached hydrogen (secondary N) is 1. The summed E-state index contributed by atoms with van der Waals surface area (Å²) in [6, 6.07) is 8.79. The summed E-state index contributed by atoms with van der Waals surface area (Å²) >= 11 is 0. The fourth-order valence-corrected chi connectivity index (χ4v) is 2.76. The number of halogens is 3. The van der Waals surface area contributed by atoms with Crippen LogP contribution in [0.4, 0.5) is 13.2 Å². The van der Waals surface area contributed by atoms with E-state index in [-0.39, 0.29) is 5.69 Å². The van der Waals surface area contributed by atoms with Gasteiger partial charge in [0.1, 0.15) is 5.56 Å². The van der Waals surface area contributed by atoms with E-state index in [9.17, 15) is 27.9 Å². The SMILES string of the molecule is Cc1c(-c2ccc[nH]2)cc(C(=O)O)c(=O)n1-c1cccc(C(F)(F)F)c1. The zero-order valence-corrected chi connectivity index (χ0v) is 13.5. The molecule has 1 aromatic carbocycles. The molecule has 0 radical (unpaired) electrons. The second-order valence-corrected chi connectivity index (χ2v) is 5.63. The Labute approximate surface area is 145 Å². The molecule has 2 heterocycles. The number of H-pyrrole nitrogens is 1. The summed E-state index contributed by atoms with van der Waals surface area (Å²) in [5.74, 6) is -1.46. The lowest BCUT2D eigenvalue weighted by molar-refractivity contribution is -0.137. The minimum Gasteiger partial charge on any atom is -0.477 e. The number of alkyl halides is 3. The van der Waals surface area contributed by atoms with E-state index in [2.05, 4.69) is 4.98 Å². The molecular weight excluding hydrogens is 349 g/mol. The van der Waals surface area contributed by atoms with E-state index in [1.165, 1.54) is 18.2 Å². The molecule has 0 aliphatic rings. The molecule has 0 saturated carbocycles. The summed E-state index contributed by atoms with van der Waals surface area (Å²) in [7, 11) is 0. The van der Waals surface area contributed by atoms with E-state index in [1.54, 1.807) is 25.3 Å². The molecule has 0 fully saturated rings. The van der Waals surface area contributed by atoms with Gasteiger partial charge >= 0.3 is 12.1 Å². The topological polar surface area (TPSA) is 75.1 Å². The first-order chi connectivity index (χ1) is 12.2. The van der Waals surface area contributed by atoms with Crippen LogP contribution in [0.3, 0.4) is 0 Å². The quantitative estimate of drug-likeness (QED) is 0.743. The highest BCUT2D eigenvalue weighted by molar-refractivity contribution is 5.89. The average molecular weight is 362 g/mol. The van der Waals surface area contributed by atoms with E-state index in [4.69, 9.17) is 0 Å². The van der Waals surface area contributed by atoms with Gasteiger partial charge in [0.25, 0.3) is 5.56 Å². The Morgan fingerprint density at radius 1 is 1.15 bits per heavy atom. The Bertz CT molecular complexity index is 1030. The molecule has 134 valence electrons. The summed E-state index contributed by atoms with van der Waals surface area (Å²) in [4.78, 5) is 27.0. The number of hydrogen-bond donors (Lipinski definition) is 2. The fourth-order valence-electron chi connectivity index (χ4n) is 2.76. The second-order valence-electron chi connectivity index (χ2n) is 5.63. The van der Waals surface area contributed by atoms with Crippen molar-refractivity contribution in [2.45, 2.75) is 13.1 Å². The van der Waals surface area contributed by atoms with Crippen molar-refractivity contribution in [3.63, 3.8) is 0 Å². The lowest BCUT2D eigenvalue weighted by Gasteiger charge is -2.16. The molecule has 26 heavy (non-hydrogen) atoms. The van der Waals surface area contributed by atoms with Gasteiger partial charge in [-0.1, -0.05) is 6.07 Å². The maximum Gasteiger partial charge on any atom is 0.416 e. The highest BCUT2D eigenvalue weighted by Gasteiger charge is 2.31. The van der Waals surface area contributed by atoms with E-state index in [0.29, 0.717) is 17.0 Å². The number of benzene rings is 1. The summed E-state index contributed by atoms with van der Waals surface area (Å²) in [6.45, 7) is 1.55. The van der Waals surface area contributed by atoms with Crippen molar-refractivity contribution in [2.24, 2.45) is 0 Å². The predicted molar refractivity (Wildman–Crippen MR) is 88.5 cm³/mol. The molecule has 0 spiro atoms. The van der Waals surface area contributed by atoms with Crippen molar-refractivity contribution in [2.75, 3.05) is 0 Å². The van der Waals surface area contributed by atoms with Gasteiger partial charge in [-0.25, -0.2) is 4.79 Å². The number of nitrogens with zero attached hydrogens (tertiary/aromatic N) is 1. The third-order valence-electron chi connectivity index (χ3n) is 4.00. The number of rotatable bonds is 3. The van der Waals surface area contributed by atoms with Crippen LogP contribution < -0.4 is 5.56 Å². The van der Waals surface area contributed by atoms with Crippen LogP contribution in [0.2, 0.25) is 0 Å². The maximum absolute atomic E-state index is 13.0. The van der Waals surface area contributed by atoms with Gasteiger partial charge in [0.15, 0.2) is 0 Å². The Hall–Kier alpha value is -3.29. The summed E-state index contributed by atoms with van der Waals surface area (Å²) in [6.07, 6.45) is -2.96. The van der Waals surface area contributed by atoms with Gasteiger partial charge in [-0.15, -0.1) is 0 Å². The molecule has 0 bridgehead atoms. The predicted octanol–water partition coefficient (Wildman–Crippen LogP) is 3.86. The average Bonchev–Trinajstić information content (AvgIpc) is 3.08. The maximum atomic E-state index is 13.0. The molecule has 0 saturated heterocycles. The summed E-state index contributed by atoms with van der Waals surface area (Å²) in [5.41, 5.74) is -1.14. The number of carboxylic acids is 1. The molecular formula is C18H13F3N2O3. The first-order valence-corrected chi connectivity index (χ1v) is 7.51. The van der Waals surface area contributed by atoms with Gasteiger partial charge in [0, 0.05) is 28.8 Å². The Kier molecular flexibility index (Phi) is 4.19. The molecule has 0 aliphatic carbocycles. The van der Waals surface area contributed by atoms with Crippen molar-refractivity contribution >= 4 is 5.97 Å². The van der Waals surface area contributed by atoms with Crippen molar-refractivity contribution in [3.8, 4) is 16.9 Å². The van der Waals surface area contributed by atoms with Crippen LogP contribution in [0, 0.1) is 6.92 Å². The van der Waals surface area contributed by atoms with Crippen molar-refractivity contribution in [3.05, 3.63) is 75.8 Å². The number of carboxylic acid groups (broad SMARTS) is 1. The third kappa shape index (κ3) is 3.01. The number of hydrogen-bond acceptors (Lipinski definition) is 2. The van der Waals surface area contributed by atoms with Gasteiger partial charge in [0.2, 0.25) is 0 Å². The molecule has 0 amide bonds. The molecule has 5 nitrogen and oxygen atoms in total. The van der Waals surface area contributed by atoms with Gasteiger partial charge in [-0.05, 0) is 43.3 Å². The number of aromatic nitrogens is 2. The number of carbonyl (C=O) groups is 1. The van der Waals surface area contributed by atoms with Crippen LogP contribution >= 0.6 is 0 Å². The van der Waals surface area contributed by atoms with Crippen LogP contribution in [0.15, 0.2) is 53.5 Å². The van der Waals surface area contributed by atoms with Gasteiger partial charge in [-0.3, -0.25) is 9.36 Å². The van der Waals surface area contributed by atoms with Crippen molar-refractivity contribution in [1.82, 2.24) is 9.55 Å². The van der Waals surface area contributed by atoms with E-state index in [0.717, 1.165) is 16.7 Å². The molecule has 3 rings (SSSR count). The summed E-state index contributed by atoms with van der Waals surface area (Å²) in [5, 5.41) is 9.33. The smallest absolute Gasteiger partial charge is 0.416 e. The minimum absolute atomic E-state index is 0.0572. The monoisotopic (exact) mass is 362 g/mol. The third-order valence-corrected chi connectivity index (χ3v) is 4.00. The first-order valence-electron chi connectivity index (χ1n) is 7.51. The Morgan fingerprint density at radius 3 is 2.46 bits per heavy atom. The van der Waals surface area contributed by atoms with E-state index in [1.807, 2.05) is 0 Å².